The van der Waals surface area contributed by atoms with E-state index in [0.717, 1.165) is 17.1 Å². The van der Waals surface area contributed by atoms with E-state index in [2.05, 4.69) is 266 Å². The van der Waals surface area contributed by atoms with Crippen molar-refractivity contribution in [3.8, 4) is 44.5 Å². The number of fused-ring (bicyclic) bond motifs is 7. The van der Waals surface area contributed by atoms with E-state index in [1.807, 2.05) is 11.3 Å². The van der Waals surface area contributed by atoms with E-state index in [1.165, 1.54) is 97.7 Å². The van der Waals surface area contributed by atoms with Gasteiger partial charge in [0.1, 0.15) is 0 Å². The largest absolute Gasteiger partial charge is 0.310 e. The van der Waals surface area contributed by atoms with Crippen LogP contribution in [0.2, 0.25) is 0 Å². The minimum absolute atomic E-state index is 0.513. The van der Waals surface area contributed by atoms with Crippen molar-refractivity contribution >= 4 is 59.3 Å². The Labute approximate surface area is 395 Å². The molecule has 1 aromatic heterocycles. The second-order valence-corrected chi connectivity index (χ2v) is 18.7. The summed E-state index contributed by atoms with van der Waals surface area (Å²) in [6.45, 7) is 0. The Kier molecular flexibility index (Phi) is 9.33. The molecule has 1 aliphatic carbocycles. The number of benzene rings is 11. The molecule has 0 bridgehead atoms. The van der Waals surface area contributed by atoms with Gasteiger partial charge in [0.25, 0.3) is 0 Å². The third-order valence-electron chi connectivity index (χ3n) is 14.0. The highest BCUT2D eigenvalue weighted by Gasteiger charge is 2.46. The minimum Gasteiger partial charge on any atom is -0.310 e. The molecule has 11 aromatic carbocycles. The molecule has 12 aromatic rings. The van der Waals surface area contributed by atoms with E-state index in [-0.39, 0.29) is 0 Å². The van der Waals surface area contributed by atoms with E-state index in [4.69, 9.17) is 0 Å². The summed E-state index contributed by atoms with van der Waals surface area (Å²) in [4.78, 5) is 2.44. The molecule has 13 rings (SSSR count). The van der Waals surface area contributed by atoms with Crippen molar-refractivity contribution in [1.29, 1.82) is 0 Å². The van der Waals surface area contributed by atoms with Crippen LogP contribution >= 0.6 is 11.3 Å². The fourth-order valence-electron chi connectivity index (χ4n) is 11.0. The zero-order valence-electron chi connectivity index (χ0n) is 36.7. The standard InChI is InChI=1S/C65H43NS/c1-3-20-49(21-4-1)65(50-22-5-2-6-23-50)60-29-11-9-25-57(60)58-41-40-53(43-61(58)65)66(52-38-34-46(35-39-52)56-28-15-31-63-64(56)59-26-10-12-30-62(59)67-63)51-36-32-44(33-37-51)47-18-13-19-48(42-47)55-27-14-17-45-16-7-8-24-54(45)55/h1-43H. The van der Waals surface area contributed by atoms with Crippen LogP contribution in [0.5, 0.6) is 0 Å². The molecule has 0 amide bonds. The Bertz CT molecular complexity index is 3750. The minimum atomic E-state index is -0.513. The summed E-state index contributed by atoms with van der Waals surface area (Å²) in [6.07, 6.45) is 0. The summed E-state index contributed by atoms with van der Waals surface area (Å²) in [7, 11) is 0. The van der Waals surface area contributed by atoms with Crippen LogP contribution in [0, 0.1) is 0 Å². The number of nitrogens with zero attached hydrogens (tertiary/aromatic N) is 1. The van der Waals surface area contributed by atoms with Crippen molar-refractivity contribution in [1.82, 2.24) is 0 Å². The van der Waals surface area contributed by atoms with Gasteiger partial charge in [0, 0.05) is 37.2 Å². The average molecular weight is 870 g/mol. The fourth-order valence-corrected chi connectivity index (χ4v) is 12.1. The first kappa shape index (κ1) is 39.1. The molecule has 1 nitrogen and oxygen atoms in total. The van der Waals surface area contributed by atoms with E-state index in [9.17, 15) is 0 Å². The smallest absolute Gasteiger partial charge is 0.0714 e. The topological polar surface area (TPSA) is 3.24 Å². The third kappa shape index (κ3) is 6.37. The van der Waals surface area contributed by atoms with Gasteiger partial charge in [0.15, 0.2) is 0 Å². The van der Waals surface area contributed by atoms with Crippen LogP contribution in [0.3, 0.4) is 0 Å². The maximum atomic E-state index is 2.46. The molecule has 0 saturated carbocycles. The summed E-state index contributed by atoms with van der Waals surface area (Å²) in [6, 6.07) is 96.3. The Balaban J connectivity index is 0.970. The molecule has 0 radical (unpaired) electrons. The molecule has 0 atom stereocenters. The molecule has 0 unspecified atom stereocenters. The molecule has 0 N–H and O–H groups in total. The van der Waals surface area contributed by atoms with Crippen molar-refractivity contribution < 1.29 is 0 Å². The Morgan fingerprint density at radius 1 is 0.299 bits per heavy atom. The van der Waals surface area contributed by atoms with E-state index >= 15 is 0 Å². The second kappa shape index (κ2) is 16.0. The fraction of sp³-hybridized carbons (Fsp3) is 0.0154. The van der Waals surface area contributed by atoms with E-state index in [0.29, 0.717) is 0 Å². The van der Waals surface area contributed by atoms with Crippen LogP contribution in [0.4, 0.5) is 17.1 Å². The lowest BCUT2D eigenvalue weighted by Gasteiger charge is -2.35. The van der Waals surface area contributed by atoms with Crippen molar-refractivity contribution in [2.45, 2.75) is 5.41 Å². The highest BCUT2D eigenvalue weighted by Crippen LogP contribution is 2.57. The molecular weight excluding hydrogens is 827 g/mol. The van der Waals surface area contributed by atoms with Crippen LogP contribution in [-0.2, 0) is 5.41 Å². The second-order valence-electron chi connectivity index (χ2n) is 17.6. The lowest BCUT2D eigenvalue weighted by molar-refractivity contribution is 0.768. The number of thiophene rings is 1. The predicted molar refractivity (Wildman–Crippen MR) is 285 cm³/mol. The Morgan fingerprint density at radius 3 is 1.61 bits per heavy atom. The van der Waals surface area contributed by atoms with Gasteiger partial charge in [-0.2, -0.15) is 0 Å². The summed E-state index contributed by atoms with van der Waals surface area (Å²) in [5.74, 6) is 0. The van der Waals surface area contributed by atoms with Gasteiger partial charge in [0.05, 0.1) is 5.41 Å². The Hall–Kier alpha value is -8.30. The lowest BCUT2D eigenvalue weighted by atomic mass is 9.67. The summed E-state index contributed by atoms with van der Waals surface area (Å²) >= 11 is 1.87. The van der Waals surface area contributed by atoms with Gasteiger partial charge in [-0.05, 0) is 132 Å². The van der Waals surface area contributed by atoms with Crippen molar-refractivity contribution in [2.75, 3.05) is 4.90 Å². The van der Waals surface area contributed by atoms with Crippen LogP contribution < -0.4 is 4.90 Å². The molecule has 1 heterocycles. The molecule has 0 spiro atoms. The molecule has 0 saturated heterocycles. The van der Waals surface area contributed by atoms with Gasteiger partial charge in [-0.25, -0.2) is 0 Å². The van der Waals surface area contributed by atoms with Gasteiger partial charge in [-0.15, -0.1) is 11.3 Å². The summed E-state index contributed by atoms with van der Waals surface area (Å²) in [5.41, 5.74) is 17.7. The molecule has 67 heavy (non-hydrogen) atoms. The van der Waals surface area contributed by atoms with Crippen molar-refractivity contribution in [2.24, 2.45) is 0 Å². The number of hydrogen-bond donors (Lipinski definition) is 0. The average Bonchev–Trinajstić information content (AvgIpc) is 3.93. The zero-order chi connectivity index (χ0) is 44.3. The highest BCUT2D eigenvalue weighted by molar-refractivity contribution is 7.25. The number of hydrogen-bond acceptors (Lipinski definition) is 2. The SMILES string of the molecule is c1ccc(C2(c3ccccc3)c3ccccc3-c3ccc(N(c4ccc(-c5cccc(-c6cccc7ccccc67)c5)cc4)c4ccc(-c5cccc6sc7ccccc7c56)cc4)cc32)cc1. The molecule has 314 valence electrons. The molecule has 0 fully saturated rings. The van der Waals surface area contributed by atoms with Crippen LogP contribution in [0.15, 0.2) is 261 Å². The number of anilines is 3. The molecule has 0 aliphatic heterocycles. The molecule has 1 aliphatic rings. The quantitative estimate of drug-likeness (QED) is 0.147. The maximum Gasteiger partial charge on any atom is 0.0714 e. The van der Waals surface area contributed by atoms with Crippen LogP contribution in [-0.4, -0.2) is 0 Å². The number of rotatable bonds is 8. The van der Waals surface area contributed by atoms with Crippen LogP contribution in [0.1, 0.15) is 22.3 Å². The normalized spacial score (nSPS) is 12.6. The van der Waals surface area contributed by atoms with Gasteiger partial charge in [0.2, 0.25) is 0 Å². The summed E-state index contributed by atoms with van der Waals surface area (Å²) < 4.78 is 2.63. The third-order valence-corrected chi connectivity index (χ3v) is 15.1. The predicted octanol–water partition coefficient (Wildman–Crippen LogP) is 18.0. The van der Waals surface area contributed by atoms with Gasteiger partial charge in [-0.3, -0.25) is 0 Å². The monoisotopic (exact) mass is 869 g/mol. The first-order valence-corrected chi connectivity index (χ1v) is 23.9. The lowest BCUT2D eigenvalue weighted by Crippen LogP contribution is -2.28. The molecular formula is C65H43NS. The Morgan fingerprint density at radius 2 is 0.836 bits per heavy atom. The van der Waals surface area contributed by atoms with E-state index in [1.54, 1.807) is 0 Å². The first-order chi connectivity index (χ1) is 33.2. The van der Waals surface area contributed by atoms with Crippen molar-refractivity contribution in [3.63, 3.8) is 0 Å². The van der Waals surface area contributed by atoms with Crippen LogP contribution in [0.25, 0.3) is 75.5 Å². The molecule has 2 heteroatoms. The van der Waals surface area contributed by atoms with Gasteiger partial charge < -0.3 is 4.90 Å². The van der Waals surface area contributed by atoms with Crippen molar-refractivity contribution in [3.05, 3.63) is 283 Å². The zero-order valence-corrected chi connectivity index (χ0v) is 37.5. The van der Waals surface area contributed by atoms with Gasteiger partial charge in [-0.1, -0.05) is 206 Å². The maximum absolute atomic E-state index is 2.46. The summed E-state index contributed by atoms with van der Waals surface area (Å²) in [5, 5.41) is 5.15. The van der Waals surface area contributed by atoms with Gasteiger partial charge >= 0.3 is 0 Å². The highest BCUT2D eigenvalue weighted by atomic mass is 32.1. The first-order valence-electron chi connectivity index (χ1n) is 23.1. The van der Waals surface area contributed by atoms with E-state index < -0.39 is 5.41 Å².